The van der Waals surface area contributed by atoms with E-state index in [1.165, 1.54) is 11.1 Å². The fraction of sp³-hybridized carbons (Fsp3) is 0.588. The number of rotatable bonds is 2. The van der Waals surface area contributed by atoms with Crippen LogP contribution >= 0.6 is 0 Å². The van der Waals surface area contributed by atoms with Crippen LogP contribution in [0.1, 0.15) is 43.4 Å². The molecule has 3 rings (SSSR count). The predicted octanol–water partition coefficient (Wildman–Crippen LogP) is 2.52. The molecule has 3 nitrogen and oxygen atoms in total. The van der Waals surface area contributed by atoms with Gasteiger partial charge in [0.25, 0.3) is 0 Å². The van der Waals surface area contributed by atoms with E-state index in [2.05, 4.69) is 36.5 Å². The number of carbonyl (C=O) groups excluding carboxylic acids is 1. The first-order valence-electron chi connectivity index (χ1n) is 7.74. The van der Waals surface area contributed by atoms with E-state index >= 15 is 0 Å². The van der Waals surface area contributed by atoms with Crippen LogP contribution in [-0.4, -0.2) is 30.4 Å². The van der Waals surface area contributed by atoms with Gasteiger partial charge in [-0.25, -0.2) is 0 Å². The van der Waals surface area contributed by atoms with E-state index in [1.807, 2.05) is 11.9 Å². The average molecular weight is 272 g/mol. The van der Waals surface area contributed by atoms with Crippen molar-refractivity contribution in [1.82, 2.24) is 10.2 Å². The number of nitrogens with one attached hydrogen (secondary N) is 1. The Morgan fingerprint density at radius 2 is 2.10 bits per heavy atom. The van der Waals surface area contributed by atoms with Crippen molar-refractivity contribution in [2.45, 2.75) is 44.7 Å². The van der Waals surface area contributed by atoms with E-state index in [0.29, 0.717) is 11.9 Å². The number of piperidine rings is 1. The molecule has 108 valence electrons. The number of amides is 1. The third kappa shape index (κ3) is 2.47. The molecule has 20 heavy (non-hydrogen) atoms. The molecule has 1 heterocycles. The second kappa shape index (κ2) is 5.57. The van der Waals surface area contributed by atoms with E-state index in [1.54, 1.807) is 0 Å². The zero-order chi connectivity index (χ0) is 14.1. The number of aryl methyl sites for hydroxylation is 1. The second-order valence-corrected chi connectivity index (χ2v) is 6.28. The molecule has 0 spiro atoms. The summed E-state index contributed by atoms with van der Waals surface area (Å²) >= 11 is 0. The Bertz CT molecular complexity index is 500. The number of carbonyl (C=O) groups is 1. The summed E-state index contributed by atoms with van der Waals surface area (Å²) in [7, 11) is 1.99. The lowest BCUT2D eigenvalue weighted by molar-refractivity contribution is -0.137. The van der Waals surface area contributed by atoms with Crippen molar-refractivity contribution in [2.24, 2.45) is 5.92 Å². The van der Waals surface area contributed by atoms with Gasteiger partial charge in [-0.1, -0.05) is 24.3 Å². The minimum absolute atomic E-state index is 0.198. The highest BCUT2D eigenvalue weighted by Crippen LogP contribution is 2.36. The van der Waals surface area contributed by atoms with Crippen LogP contribution in [0.4, 0.5) is 0 Å². The summed E-state index contributed by atoms with van der Waals surface area (Å²) in [6.45, 7) is 3.14. The number of benzene rings is 1. The van der Waals surface area contributed by atoms with Crippen molar-refractivity contribution < 1.29 is 4.79 Å². The Balaban J connectivity index is 1.73. The first kappa shape index (κ1) is 13.6. The first-order chi connectivity index (χ1) is 9.66. The molecule has 3 atom stereocenters. The van der Waals surface area contributed by atoms with Crippen LogP contribution in [0, 0.1) is 5.92 Å². The third-order valence-corrected chi connectivity index (χ3v) is 4.89. The molecular formula is C17H24N2O. The highest BCUT2D eigenvalue weighted by atomic mass is 16.2. The van der Waals surface area contributed by atoms with Gasteiger partial charge in [-0.15, -0.1) is 0 Å². The summed E-state index contributed by atoms with van der Waals surface area (Å²) in [6.07, 6.45) is 4.11. The normalized spacial score (nSPS) is 29.0. The highest BCUT2D eigenvalue weighted by Gasteiger charge is 2.33. The zero-order valence-electron chi connectivity index (χ0n) is 12.4. The average Bonchev–Trinajstić information content (AvgIpc) is 2.89. The van der Waals surface area contributed by atoms with Gasteiger partial charge in [0.1, 0.15) is 0 Å². The summed E-state index contributed by atoms with van der Waals surface area (Å²) in [6, 6.07) is 9.30. The fourth-order valence-corrected chi connectivity index (χ4v) is 3.73. The van der Waals surface area contributed by atoms with Gasteiger partial charge in [-0.3, -0.25) is 4.79 Å². The van der Waals surface area contributed by atoms with Crippen molar-refractivity contribution in [2.75, 3.05) is 13.6 Å². The lowest BCUT2D eigenvalue weighted by atomic mass is 9.91. The Morgan fingerprint density at radius 1 is 1.30 bits per heavy atom. The molecule has 1 amide bonds. The maximum atomic E-state index is 12.7. The molecular weight excluding hydrogens is 248 g/mol. The van der Waals surface area contributed by atoms with Gasteiger partial charge in [-0.05, 0) is 50.3 Å². The van der Waals surface area contributed by atoms with Crippen LogP contribution < -0.4 is 5.32 Å². The summed E-state index contributed by atoms with van der Waals surface area (Å²) in [5.41, 5.74) is 2.76. The second-order valence-electron chi connectivity index (χ2n) is 6.28. The third-order valence-electron chi connectivity index (χ3n) is 4.89. The summed E-state index contributed by atoms with van der Waals surface area (Å²) in [4.78, 5) is 14.7. The van der Waals surface area contributed by atoms with Gasteiger partial charge < -0.3 is 10.2 Å². The molecule has 1 saturated heterocycles. The van der Waals surface area contributed by atoms with Gasteiger partial charge in [-0.2, -0.15) is 0 Å². The summed E-state index contributed by atoms with van der Waals surface area (Å²) < 4.78 is 0. The molecule has 0 aromatic heterocycles. The SMILES string of the molecule is CC1CC(C(=O)N(C)C2CCc3ccccc32)CCN1. The largest absolute Gasteiger partial charge is 0.338 e. The fourth-order valence-electron chi connectivity index (χ4n) is 3.73. The minimum Gasteiger partial charge on any atom is -0.338 e. The molecule has 0 radical (unpaired) electrons. The Hall–Kier alpha value is -1.35. The van der Waals surface area contributed by atoms with E-state index < -0.39 is 0 Å². The molecule has 3 unspecified atom stereocenters. The van der Waals surface area contributed by atoms with Gasteiger partial charge in [0.2, 0.25) is 5.91 Å². The molecule has 1 fully saturated rings. The molecule has 1 N–H and O–H groups in total. The smallest absolute Gasteiger partial charge is 0.226 e. The maximum Gasteiger partial charge on any atom is 0.226 e. The van der Waals surface area contributed by atoms with Crippen molar-refractivity contribution in [1.29, 1.82) is 0 Å². The first-order valence-corrected chi connectivity index (χ1v) is 7.74. The van der Waals surface area contributed by atoms with Crippen LogP contribution in [0.15, 0.2) is 24.3 Å². The van der Waals surface area contributed by atoms with E-state index in [9.17, 15) is 4.79 Å². The molecule has 3 heteroatoms. The van der Waals surface area contributed by atoms with Crippen molar-refractivity contribution in [3.63, 3.8) is 0 Å². The lowest BCUT2D eigenvalue weighted by Gasteiger charge is -2.33. The minimum atomic E-state index is 0.198. The van der Waals surface area contributed by atoms with E-state index in [4.69, 9.17) is 0 Å². The molecule has 2 aliphatic rings. The van der Waals surface area contributed by atoms with Gasteiger partial charge in [0.15, 0.2) is 0 Å². The Morgan fingerprint density at radius 3 is 2.90 bits per heavy atom. The van der Waals surface area contributed by atoms with Crippen molar-refractivity contribution >= 4 is 5.91 Å². The van der Waals surface area contributed by atoms with Gasteiger partial charge >= 0.3 is 0 Å². The van der Waals surface area contributed by atoms with Gasteiger partial charge in [0.05, 0.1) is 6.04 Å². The molecule has 1 aromatic rings. The Labute approximate surface area is 121 Å². The molecule has 1 aliphatic heterocycles. The number of fused-ring (bicyclic) bond motifs is 1. The van der Waals surface area contributed by atoms with Crippen LogP contribution in [0.25, 0.3) is 0 Å². The number of hydrogen-bond donors (Lipinski definition) is 1. The lowest BCUT2D eigenvalue weighted by Crippen LogP contribution is -2.43. The standard InChI is InChI=1S/C17H24N2O/c1-12-11-14(9-10-18-12)17(20)19(2)16-8-7-13-5-3-4-6-15(13)16/h3-6,12,14,16,18H,7-11H2,1-2H3. The number of nitrogens with zero attached hydrogens (tertiary/aromatic N) is 1. The van der Waals surface area contributed by atoms with Crippen molar-refractivity contribution in [3.8, 4) is 0 Å². The monoisotopic (exact) mass is 272 g/mol. The zero-order valence-corrected chi connectivity index (χ0v) is 12.4. The van der Waals surface area contributed by atoms with E-state index in [-0.39, 0.29) is 12.0 Å². The topological polar surface area (TPSA) is 32.3 Å². The van der Waals surface area contributed by atoms with Crippen LogP contribution in [0.3, 0.4) is 0 Å². The molecule has 0 bridgehead atoms. The van der Waals surface area contributed by atoms with E-state index in [0.717, 1.165) is 32.2 Å². The van der Waals surface area contributed by atoms with Crippen LogP contribution in [-0.2, 0) is 11.2 Å². The van der Waals surface area contributed by atoms with Gasteiger partial charge in [0, 0.05) is 19.0 Å². The van der Waals surface area contributed by atoms with Crippen LogP contribution in [0.2, 0.25) is 0 Å². The quantitative estimate of drug-likeness (QED) is 0.897. The molecule has 1 aromatic carbocycles. The number of hydrogen-bond acceptors (Lipinski definition) is 2. The van der Waals surface area contributed by atoms with Crippen LogP contribution in [0.5, 0.6) is 0 Å². The summed E-state index contributed by atoms with van der Waals surface area (Å²) in [5.74, 6) is 0.532. The molecule has 1 aliphatic carbocycles. The predicted molar refractivity (Wildman–Crippen MR) is 80.5 cm³/mol. The van der Waals surface area contributed by atoms with Crippen molar-refractivity contribution in [3.05, 3.63) is 35.4 Å². The maximum absolute atomic E-state index is 12.7. The Kier molecular flexibility index (Phi) is 3.79. The summed E-state index contributed by atoms with van der Waals surface area (Å²) in [5, 5.41) is 3.42. The highest BCUT2D eigenvalue weighted by molar-refractivity contribution is 5.79. The molecule has 0 saturated carbocycles.